The Hall–Kier alpha value is -1.72. The molecule has 0 unspecified atom stereocenters. The fourth-order valence-corrected chi connectivity index (χ4v) is 4.14. The molecule has 1 aliphatic heterocycles. The van der Waals surface area contributed by atoms with E-state index in [-0.39, 0.29) is 0 Å². The van der Waals surface area contributed by atoms with E-state index in [0.29, 0.717) is 18.7 Å². The van der Waals surface area contributed by atoms with Crippen LogP contribution in [0.4, 0.5) is 0 Å². The van der Waals surface area contributed by atoms with Gasteiger partial charge in [-0.1, -0.05) is 18.9 Å². The maximum atomic E-state index is 6.05. The Morgan fingerprint density at radius 1 is 1.21 bits per heavy atom. The molecule has 3 heterocycles. The molecule has 0 N–H and O–H groups in total. The molecule has 0 bridgehead atoms. The minimum absolute atomic E-state index is 0.444. The molecular weight excluding hydrogens is 300 g/mol. The van der Waals surface area contributed by atoms with Crippen molar-refractivity contribution in [2.45, 2.75) is 57.3 Å². The minimum atomic E-state index is 0.444. The average Bonchev–Trinajstić information content (AvgIpc) is 3.26. The highest BCUT2D eigenvalue weighted by Gasteiger charge is 2.34. The van der Waals surface area contributed by atoms with Crippen LogP contribution in [0.15, 0.2) is 30.7 Å². The number of pyridine rings is 1. The first-order valence-electron chi connectivity index (χ1n) is 9.03. The quantitative estimate of drug-likeness (QED) is 0.847. The summed E-state index contributed by atoms with van der Waals surface area (Å²) >= 11 is 0. The van der Waals surface area contributed by atoms with E-state index in [1.54, 1.807) is 0 Å². The molecule has 1 fully saturated rings. The van der Waals surface area contributed by atoms with Crippen molar-refractivity contribution in [3.8, 4) is 0 Å². The van der Waals surface area contributed by atoms with Crippen LogP contribution in [0.2, 0.25) is 0 Å². The molecule has 0 aromatic carbocycles. The van der Waals surface area contributed by atoms with Gasteiger partial charge in [0.1, 0.15) is 0 Å². The maximum Gasteiger partial charge on any atom is 0.0949 e. The lowest BCUT2D eigenvalue weighted by atomic mass is 9.99. The number of nitrogens with zero attached hydrogens (tertiary/aromatic N) is 4. The van der Waals surface area contributed by atoms with E-state index in [2.05, 4.69) is 26.5 Å². The smallest absolute Gasteiger partial charge is 0.0949 e. The van der Waals surface area contributed by atoms with Gasteiger partial charge >= 0.3 is 0 Å². The highest BCUT2D eigenvalue weighted by molar-refractivity contribution is 5.18. The number of imidazole rings is 1. The molecule has 1 atom stereocenters. The molecule has 0 spiro atoms. The fourth-order valence-electron chi connectivity index (χ4n) is 4.14. The second kappa shape index (κ2) is 7.03. The Balaban J connectivity index is 1.44. The van der Waals surface area contributed by atoms with E-state index in [1.807, 2.05) is 30.7 Å². The van der Waals surface area contributed by atoms with Crippen molar-refractivity contribution in [1.29, 1.82) is 0 Å². The second-order valence-corrected chi connectivity index (χ2v) is 7.05. The first kappa shape index (κ1) is 15.8. The van der Waals surface area contributed by atoms with Crippen molar-refractivity contribution < 1.29 is 4.74 Å². The minimum Gasteiger partial charge on any atom is -0.374 e. The molecule has 2 aromatic heterocycles. The number of ether oxygens (including phenoxy) is 1. The summed E-state index contributed by atoms with van der Waals surface area (Å²) < 4.78 is 8.22. The van der Waals surface area contributed by atoms with Crippen molar-refractivity contribution in [1.82, 2.24) is 19.4 Å². The Morgan fingerprint density at radius 3 is 2.88 bits per heavy atom. The summed E-state index contributed by atoms with van der Waals surface area (Å²) in [6.45, 7) is 2.32. The largest absolute Gasteiger partial charge is 0.374 e. The molecular formula is C19H26N4O. The average molecular weight is 326 g/mol. The summed E-state index contributed by atoms with van der Waals surface area (Å²) in [5.74, 6) is 0. The Bertz CT molecular complexity index is 663. The van der Waals surface area contributed by atoms with Gasteiger partial charge in [0.15, 0.2) is 0 Å². The Kier molecular flexibility index (Phi) is 4.63. The van der Waals surface area contributed by atoms with Gasteiger partial charge in [-0.3, -0.25) is 9.88 Å². The van der Waals surface area contributed by atoms with E-state index in [4.69, 9.17) is 4.74 Å². The molecule has 1 saturated carbocycles. The van der Waals surface area contributed by atoms with Crippen LogP contribution in [0.3, 0.4) is 0 Å². The van der Waals surface area contributed by atoms with Crippen LogP contribution in [0.1, 0.15) is 42.8 Å². The van der Waals surface area contributed by atoms with E-state index in [9.17, 15) is 0 Å². The van der Waals surface area contributed by atoms with Crippen molar-refractivity contribution in [2.75, 3.05) is 6.61 Å². The summed E-state index contributed by atoms with van der Waals surface area (Å²) in [6.07, 6.45) is 10.2. The first-order valence-corrected chi connectivity index (χ1v) is 9.03. The summed E-state index contributed by atoms with van der Waals surface area (Å²) in [7, 11) is 2.10. The number of aryl methyl sites for hydroxylation is 1. The molecule has 0 radical (unpaired) electrons. The van der Waals surface area contributed by atoms with E-state index < -0.39 is 0 Å². The normalized spacial score (nSPS) is 22.0. The number of aromatic nitrogens is 3. The van der Waals surface area contributed by atoms with Crippen LogP contribution < -0.4 is 0 Å². The zero-order valence-electron chi connectivity index (χ0n) is 14.4. The van der Waals surface area contributed by atoms with Crippen molar-refractivity contribution in [3.63, 3.8) is 0 Å². The third-order valence-corrected chi connectivity index (χ3v) is 5.46. The van der Waals surface area contributed by atoms with Crippen molar-refractivity contribution >= 4 is 0 Å². The molecule has 1 aliphatic carbocycles. The first-order chi connectivity index (χ1) is 11.8. The standard InChI is InChI=1S/C19H26N4O/c1-22-14-21-18-11-23(16-7-2-3-8-16)17(10-19(18)22)13-24-12-15-6-4-5-9-20-15/h4-6,9,14,16-17H,2-3,7-8,10-13H2,1H3/t17-/m0/s1. The predicted molar refractivity (Wildman–Crippen MR) is 92.4 cm³/mol. The van der Waals surface area contributed by atoms with Gasteiger partial charge in [-0.05, 0) is 25.0 Å². The summed E-state index contributed by atoms with van der Waals surface area (Å²) in [6, 6.07) is 7.12. The summed E-state index contributed by atoms with van der Waals surface area (Å²) in [4.78, 5) is 11.6. The van der Waals surface area contributed by atoms with Crippen LogP contribution in [0.5, 0.6) is 0 Å². The molecule has 4 rings (SSSR count). The lowest BCUT2D eigenvalue weighted by molar-refractivity contribution is 0.0184. The van der Waals surface area contributed by atoms with Crippen LogP contribution in [-0.2, 0) is 31.4 Å². The van der Waals surface area contributed by atoms with Gasteiger partial charge in [0.25, 0.3) is 0 Å². The van der Waals surface area contributed by atoms with Crippen molar-refractivity contribution in [3.05, 3.63) is 47.8 Å². The van der Waals surface area contributed by atoms with Crippen LogP contribution in [0.25, 0.3) is 0 Å². The second-order valence-electron chi connectivity index (χ2n) is 7.05. The van der Waals surface area contributed by atoms with Crippen LogP contribution >= 0.6 is 0 Å². The monoisotopic (exact) mass is 326 g/mol. The van der Waals surface area contributed by atoms with Crippen LogP contribution in [0, 0.1) is 0 Å². The summed E-state index contributed by atoms with van der Waals surface area (Å²) in [5, 5.41) is 0. The molecule has 128 valence electrons. The topological polar surface area (TPSA) is 43.2 Å². The number of hydrogen-bond acceptors (Lipinski definition) is 4. The molecule has 24 heavy (non-hydrogen) atoms. The zero-order chi connectivity index (χ0) is 16.4. The molecule has 2 aromatic rings. The summed E-state index contributed by atoms with van der Waals surface area (Å²) in [5.41, 5.74) is 3.63. The maximum absolute atomic E-state index is 6.05. The van der Waals surface area contributed by atoms with E-state index in [1.165, 1.54) is 37.1 Å². The lowest BCUT2D eigenvalue weighted by Crippen LogP contribution is -2.48. The van der Waals surface area contributed by atoms with Crippen LogP contribution in [-0.4, -0.2) is 38.1 Å². The highest BCUT2D eigenvalue weighted by atomic mass is 16.5. The Labute approximate surface area is 143 Å². The van der Waals surface area contributed by atoms with Gasteiger partial charge in [-0.2, -0.15) is 0 Å². The third-order valence-electron chi connectivity index (χ3n) is 5.46. The number of rotatable bonds is 5. The lowest BCUT2D eigenvalue weighted by Gasteiger charge is -2.39. The van der Waals surface area contributed by atoms with Gasteiger partial charge in [-0.15, -0.1) is 0 Å². The molecule has 2 aliphatic rings. The van der Waals surface area contributed by atoms with Crippen molar-refractivity contribution in [2.24, 2.45) is 7.05 Å². The fraction of sp³-hybridized carbons (Fsp3) is 0.579. The predicted octanol–water partition coefficient (Wildman–Crippen LogP) is 2.70. The van der Waals surface area contributed by atoms with Gasteiger partial charge < -0.3 is 9.30 Å². The van der Waals surface area contributed by atoms with E-state index in [0.717, 1.165) is 25.3 Å². The number of fused-ring (bicyclic) bond motifs is 1. The van der Waals surface area contributed by atoms with Gasteiger partial charge in [0.05, 0.1) is 30.9 Å². The molecule has 0 amide bonds. The van der Waals surface area contributed by atoms with Gasteiger partial charge in [-0.25, -0.2) is 4.98 Å². The molecule has 5 nitrogen and oxygen atoms in total. The number of hydrogen-bond donors (Lipinski definition) is 0. The molecule has 0 saturated heterocycles. The molecule has 5 heteroatoms. The highest BCUT2D eigenvalue weighted by Crippen LogP contribution is 2.31. The zero-order valence-corrected chi connectivity index (χ0v) is 14.4. The van der Waals surface area contributed by atoms with Gasteiger partial charge in [0, 0.05) is 44.0 Å². The third kappa shape index (κ3) is 3.23. The Morgan fingerprint density at radius 2 is 2.08 bits per heavy atom. The van der Waals surface area contributed by atoms with Gasteiger partial charge in [0.2, 0.25) is 0 Å². The SMILES string of the molecule is Cn1cnc2c1C[C@@H](COCc1ccccn1)N(C1CCCC1)C2. The van der Waals surface area contributed by atoms with E-state index >= 15 is 0 Å².